The van der Waals surface area contributed by atoms with Gasteiger partial charge in [0.1, 0.15) is 12.0 Å². The number of rotatable bonds is 3. The van der Waals surface area contributed by atoms with Crippen LogP contribution in [0.2, 0.25) is 0 Å². The molecule has 3 aromatic heterocycles. The van der Waals surface area contributed by atoms with Crippen LogP contribution in [0.15, 0.2) is 48.9 Å². The molecule has 1 aliphatic carbocycles. The molecule has 1 aromatic carbocycles. The van der Waals surface area contributed by atoms with Crippen molar-refractivity contribution in [1.29, 1.82) is 0 Å². The van der Waals surface area contributed by atoms with E-state index >= 15 is 0 Å². The molecule has 0 amide bonds. The van der Waals surface area contributed by atoms with Crippen molar-refractivity contribution in [1.82, 2.24) is 15.0 Å². The number of H-pyrrole nitrogens is 1. The lowest BCUT2D eigenvalue weighted by Gasteiger charge is -2.31. The Morgan fingerprint density at radius 3 is 2.69 bits per heavy atom. The highest BCUT2D eigenvalue weighted by Crippen LogP contribution is 2.36. The molecule has 4 N–H and O–H groups in total. The van der Waals surface area contributed by atoms with E-state index in [4.69, 9.17) is 10.7 Å². The fourth-order valence-corrected chi connectivity index (χ4v) is 4.37. The van der Waals surface area contributed by atoms with Gasteiger partial charge >= 0.3 is 6.18 Å². The lowest BCUT2D eigenvalue weighted by atomic mass is 9.89. The second-order valence-electron chi connectivity index (χ2n) is 8.24. The van der Waals surface area contributed by atoms with Crippen LogP contribution < -0.4 is 11.1 Å². The summed E-state index contributed by atoms with van der Waals surface area (Å²) in [5.41, 5.74) is 7.87. The van der Waals surface area contributed by atoms with Crippen LogP contribution in [0.1, 0.15) is 24.8 Å². The Hall–Kier alpha value is -3.20. The normalized spacial score (nSPS) is 21.8. The summed E-state index contributed by atoms with van der Waals surface area (Å²) < 4.78 is 52.8. The van der Waals surface area contributed by atoms with E-state index in [0.29, 0.717) is 52.6 Å². The lowest BCUT2D eigenvalue weighted by molar-refractivity contribution is -0.137. The Balaban J connectivity index is 1.54. The van der Waals surface area contributed by atoms with Crippen LogP contribution in [-0.4, -0.2) is 33.2 Å². The van der Waals surface area contributed by atoms with Gasteiger partial charge in [0, 0.05) is 58.1 Å². The van der Waals surface area contributed by atoms with Gasteiger partial charge in [-0.15, -0.1) is 0 Å². The van der Waals surface area contributed by atoms with Gasteiger partial charge in [-0.3, -0.25) is 4.98 Å². The Morgan fingerprint density at radius 1 is 1.06 bits per heavy atom. The molecule has 4 aromatic rings. The van der Waals surface area contributed by atoms with E-state index in [1.165, 1.54) is 6.07 Å². The summed E-state index contributed by atoms with van der Waals surface area (Å²) >= 11 is 0. The SMILES string of the molecule is NC1CC(F)CCC1Nc1ccc2cncc(-c3c[nH]c4cc(C(F)(F)F)ccc34)c2n1. The minimum absolute atomic E-state index is 0.0777. The van der Waals surface area contributed by atoms with Crippen molar-refractivity contribution in [3.05, 3.63) is 54.5 Å². The van der Waals surface area contributed by atoms with Crippen LogP contribution in [-0.2, 0) is 6.18 Å². The van der Waals surface area contributed by atoms with Crippen molar-refractivity contribution in [3.63, 3.8) is 0 Å². The average Bonchev–Trinajstić information content (AvgIpc) is 3.18. The molecule has 0 radical (unpaired) electrons. The molecule has 3 atom stereocenters. The van der Waals surface area contributed by atoms with Gasteiger partial charge in [-0.2, -0.15) is 13.2 Å². The third-order valence-electron chi connectivity index (χ3n) is 6.07. The maximum atomic E-state index is 13.6. The standard InChI is InChI=1S/C23H21F4N5/c24-14-3-5-19(18(28)8-14)31-21-6-1-12-9-29-10-17(22(12)32-21)16-11-30-20-7-13(23(25,26)27)2-4-15(16)20/h1-2,4,6-7,9-11,14,18-19,30H,3,5,8,28H2,(H,31,32). The van der Waals surface area contributed by atoms with Gasteiger partial charge in [-0.1, -0.05) is 6.07 Å². The molecule has 32 heavy (non-hydrogen) atoms. The second-order valence-corrected chi connectivity index (χ2v) is 8.24. The van der Waals surface area contributed by atoms with Crippen LogP contribution in [0, 0.1) is 0 Å². The molecule has 0 aliphatic heterocycles. The van der Waals surface area contributed by atoms with Crippen molar-refractivity contribution in [3.8, 4) is 11.1 Å². The van der Waals surface area contributed by atoms with Gasteiger partial charge in [0.25, 0.3) is 0 Å². The number of alkyl halides is 4. The van der Waals surface area contributed by atoms with Crippen molar-refractivity contribution < 1.29 is 17.6 Å². The zero-order valence-electron chi connectivity index (χ0n) is 17.0. The Bertz CT molecular complexity index is 1280. The summed E-state index contributed by atoms with van der Waals surface area (Å²) in [6.45, 7) is 0. The van der Waals surface area contributed by atoms with Crippen molar-refractivity contribution in [2.45, 2.75) is 43.7 Å². The molecule has 0 bridgehead atoms. The molecule has 9 heteroatoms. The molecule has 3 heterocycles. The number of nitrogens with one attached hydrogen (secondary N) is 2. The molecular formula is C23H21F4N5. The largest absolute Gasteiger partial charge is 0.416 e. The summed E-state index contributed by atoms with van der Waals surface area (Å²) in [6.07, 6.45) is 1.12. The zero-order valence-corrected chi connectivity index (χ0v) is 17.0. The second kappa shape index (κ2) is 7.74. The fraction of sp³-hybridized carbons (Fsp3) is 0.304. The summed E-state index contributed by atoms with van der Waals surface area (Å²) in [7, 11) is 0. The van der Waals surface area contributed by atoms with Crippen LogP contribution >= 0.6 is 0 Å². The first-order valence-electron chi connectivity index (χ1n) is 10.4. The number of hydrogen-bond donors (Lipinski definition) is 3. The minimum atomic E-state index is -4.41. The van der Waals surface area contributed by atoms with E-state index in [1.54, 1.807) is 18.6 Å². The van der Waals surface area contributed by atoms with E-state index in [9.17, 15) is 17.6 Å². The highest BCUT2D eigenvalue weighted by Gasteiger charge is 2.31. The van der Waals surface area contributed by atoms with Gasteiger partial charge in [0.05, 0.1) is 11.1 Å². The minimum Gasteiger partial charge on any atom is -0.366 e. The van der Waals surface area contributed by atoms with E-state index in [-0.39, 0.29) is 12.1 Å². The first-order chi connectivity index (χ1) is 15.3. The molecule has 1 aliphatic rings. The smallest absolute Gasteiger partial charge is 0.366 e. The number of aromatic nitrogens is 3. The molecule has 0 spiro atoms. The fourth-order valence-electron chi connectivity index (χ4n) is 4.37. The van der Waals surface area contributed by atoms with Gasteiger partial charge < -0.3 is 16.0 Å². The maximum absolute atomic E-state index is 13.6. The van der Waals surface area contributed by atoms with Crippen molar-refractivity contribution in [2.24, 2.45) is 5.73 Å². The number of fused-ring (bicyclic) bond motifs is 2. The van der Waals surface area contributed by atoms with Crippen LogP contribution in [0.3, 0.4) is 0 Å². The molecule has 1 saturated carbocycles. The summed E-state index contributed by atoms with van der Waals surface area (Å²) in [4.78, 5) is 12.0. The predicted molar refractivity (Wildman–Crippen MR) is 116 cm³/mol. The number of anilines is 1. The molecule has 166 valence electrons. The van der Waals surface area contributed by atoms with Crippen LogP contribution in [0.5, 0.6) is 0 Å². The third kappa shape index (κ3) is 3.77. The predicted octanol–water partition coefficient (Wildman–Crippen LogP) is 5.43. The van der Waals surface area contributed by atoms with Crippen LogP contribution in [0.4, 0.5) is 23.4 Å². The van der Waals surface area contributed by atoms with E-state index < -0.39 is 17.9 Å². The molecule has 5 nitrogen and oxygen atoms in total. The number of nitrogens with two attached hydrogens (primary N) is 1. The first-order valence-corrected chi connectivity index (χ1v) is 10.4. The Kier molecular flexibility index (Phi) is 5.00. The maximum Gasteiger partial charge on any atom is 0.416 e. The molecule has 1 fully saturated rings. The monoisotopic (exact) mass is 443 g/mol. The van der Waals surface area contributed by atoms with Crippen LogP contribution in [0.25, 0.3) is 32.9 Å². The third-order valence-corrected chi connectivity index (χ3v) is 6.07. The van der Waals surface area contributed by atoms with Gasteiger partial charge in [0.2, 0.25) is 0 Å². The van der Waals surface area contributed by atoms with E-state index in [1.807, 2.05) is 12.1 Å². The molecule has 5 rings (SSSR count). The quantitative estimate of drug-likeness (QED) is 0.369. The number of aromatic amines is 1. The van der Waals surface area contributed by atoms with Gasteiger partial charge in [0.15, 0.2) is 0 Å². The Labute approximate surface area is 181 Å². The number of nitrogens with zero attached hydrogens (tertiary/aromatic N) is 2. The van der Waals surface area contributed by atoms with Crippen molar-refractivity contribution >= 4 is 27.6 Å². The van der Waals surface area contributed by atoms with Gasteiger partial charge in [-0.25, -0.2) is 9.37 Å². The summed E-state index contributed by atoms with van der Waals surface area (Å²) in [6, 6.07) is 6.95. The van der Waals surface area contributed by atoms with Gasteiger partial charge in [-0.05, 0) is 43.5 Å². The molecule has 3 unspecified atom stereocenters. The zero-order chi connectivity index (χ0) is 22.5. The number of halogens is 4. The number of hydrogen-bond acceptors (Lipinski definition) is 4. The van der Waals surface area contributed by atoms with E-state index in [0.717, 1.165) is 17.5 Å². The molecular weight excluding hydrogens is 422 g/mol. The topological polar surface area (TPSA) is 79.6 Å². The summed E-state index contributed by atoms with van der Waals surface area (Å²) in [5, 5.41) is 4.77. The number of benzene rings is 1. The number of pyridine rings is 2. The summed E-state index contributed by atoms with van der Waals surface area (Å²) in [5.74, 6) is 0.613. The molecule has 0 saturated heterocycles. The van der Waals surface area contributed by atoms with E-state index in [2.05, 4.69) is 15.3 Å². The Morgan fingerprint density at radius 2 is 1.91 bits per heavy atom. The lowest BCUT2D eigenvalue weighted by Crippen LogP contribution is -2.45. The van der Waals surface area contributed by atoms with Crippen molar-refractivity contribution in [2.75, 3.05) is 5.32 Å². The first kappa shape index (κ1) is 20.7. The highest BCUT2D eigenvalue weighted by molar-refractivity contribution is 6.03. The highest BCUT2D eigenvalue weighted by atomic mass is 19.4. The average molecular weight is 443 g/mol.